The van der Waals surface area contributed by atoms with Crippen LogP contribution >= 0.6 is 23.2 Å². The van der Waals surface area contributed by atoms with Crippen molar-refractivity contribution < 1.29 is 19.1 Å². The summed E-state index contributed by atoms with van der Waals surface area (Å²) in [6.07, 6.45) is -1.00. The number of ether oxygens (including phenoxy) is 2. The van der Waals surface area contributed by atoms with E-state index < -0.39 is 18.0 Å². The number of methoxy groups -OCH3 is 1. The Labute approximate surface area is 149 Å². The molecule has 7 heteroatoms. The molecule has 1 atom stereocenters. The molecule has 5 nitrogen and oxygen atoms in total. The van der Waals surface area contributed by atoms with Gasteiger partial charge in [-0.15, -0.1) is 0 Å². The van der Waals surface area contributed by atoms with Crippen LogP contribution in [0.5, 0.6) is 5.75 Å². The van der Waals surface area contributed by atoms with Gasteiger partial charge >= 0.3 is 5.97 Å². The van der Waals surface area contributed by atoms with Crippen molar-refractivity contribution in [2.24, 2.45) is 0 Å². The minimum atomic E-state index is -1.00. The normalized spacial score (nSPS) is 11.5. The Kier molecular flexibility index (Phi) is 6.06. The molecule has 126 valence electrons. The number of hydrogen-bond donors (Lipinski definition) is 1. The van der Waals surface area contributed by atoms with Gasteiger partial charge in [-0.25, -0.2) is 4.79 Å². The van der Waals surface area contributed by atoms with Crippen molar-refractivity contribution in [3.8, 4) is 5.75 Å². The highest BCUT2D eigenvalue weighted by Crippen LogP contribution is 2.22. The third kappa shape index (κ3) is 4.63. The Morgan fingerprint density at radius 2 is 1.88 bits per heavy atom. The number of halogens is 2. The Bertz CT molecular complexity index is 764. The van der Waals surface area contributed by atoms with Gasteiger partial charge in [-0.2, -0.15) is 0 Å². The monoisotopic (exact) mass is 367 g/mol. The van der Waals surface area contributed by atoms with E-state index in [9.17, 15) is 9.59 Å². The largest absolute Gasteiger partial charge is 0.497 e. The predicted molar refractivity (Wildman–Crippen MR) is 93.0 cm³/mol. The summed E-state index contributed by atoms with van der Waals surface area (Å²) in [6.45, 7) is 1.47. The topological polar surface area (TPSA) is 64.6 Å². The third-order valence-corrected chi connectivity index (χ3v) is 3.69. The smallest absolute Gasteiger partial charge is 0.340 e. The molecule has 0 aliphatic rings. The van der Waals surface area contributed by atoms with Gasteiger partial charge in [0.2, 0.25) is 0 Å². The van der Waals surface area contributed by atoms with Crippen LogP contribution in [0.15, 0.2) is 42.5 Å². The first-order valence-corrected chi connectivity index (χ1v) is 7.77. The molecule has 0 unspecified atom stereocenters. The second kappa shape index (κ2) is 8.04. The van der Waals surface area contributed by atoms with Crippen molar-refractivity contribution in [1.29, 1.82) is 0 Å². The van der Waals surface area contributed by atoms with Crippen LogP contribution in [0.25, 0.3) is 0 Å². The summed E-state index contributed by atoms with van der Waals surface area (Å²) >= 11 is 11.7. The van der Waals surface area contributed by atoms with Gasteiger partial charge in [0, 0.05) is 16.8 Å². The summed E-state index contributed by atoms with van der Waals surface area (Å²) in [4.78, 5) is 24.2. The van der Waals surface area contributed by atoms with Crippen LogP contribution in [-0.4, -0.2) is 25.1 Å². The molecule has 0 fully saturated rings. The maximum absolute atomic E-state index is 12.1. The molecule has 2 aromatic rings. The standard InChI is InChI=1S/C17H15Cl2NO4/c1-10(16(21)20-12-4-3-5-13(9-12)23-2)24-17(22)14-7-6-11(18)8-15(14)19/h3-10H,1-2H3,(H,20,21)/t10-/m0/s1. The van der Waals surface area contributed by atoms with E-state index in [0.29, 0.717) is 16.5 Å². The van der Waals surface area contributed by atoms with Crippen molar-refractivity contribution in [3.63, 3.8) is 0 Å². The molecular formula is C17H15Cl2NO4. The van der Waals surface area contributed by atoms with E-state index in [1.807, 2.05) is 0 Å². The van der Waals surface area contributed by atoms with Gasteiger partial charge < -0.3 is 14.8 Å². The predicted octanol–water partition coefficient (Wildman–Crippen LogP) is 4.19. The molecule has 0 bridgehead atoms. The zero-order valence-corrected chi connectivity index (χ0v) is 14.5. The fourth-order valence-corrected chi connectivity index (χ4v) is 2.36. The molecule has 0 radical (unpaired) electrons. The molecule has 0 saturated carbocycles. The number of rotatable bonds is 5. The van der Waals surface area contributed by atoms with Gasteiger partial charge in [0.15, 0.2) is 6.10 Å². The van der Waals surface area contributed by atoms with Crippen molar-refractivity contribution in [1.82, 2.24) is 0 Å². The van der Waals surface area contributed by atoms with Crippen molar-refractivity contribution in [2.45, 2.75) is 13.0 Å². The van der Waals surface area contributed by atoms with E-state index in [2.05, 4.69) is 5.32 Å². The van der Waals surface area contributed by atoms with E-state index in [1.54, 1.807) is 24.3 Å². The number of carbonyl (C=O) groups excluding carboxylic acids is 2. The maximum atomic E-state index is 12.1. The van der Waals surface area contributed by atoms with Crippen molar-refractivity contribution >= 4 is 40.8 Å². The fraction of sp³-hybridized carbons (Fsp3) is 0.176. The molecule has 0 saturated heterocycles. The number of benzene rings is 2. The lowest BCUT2D eigenvalue weighted by Crippen LogP contribution is -2.30. The first-order chi connectivity index (χ1) is 11.4. The molecule has 2 aromatic carbocycles. The van der Waals surface area contributed by atoms with Crippen LogP contribution in [-0.2, 0) is 9.53 Å². The minimum absolute atomic E-state index is 0.141. The number of carbonyl (C=O) groups is 2. The summed E-state index contributed by atoms with van der Waals surface area (Å²) in [6, 6.07) is 11.2. The van der Waals surface area contributed by atoms with Crippen LogP contribution in [0.3, 0.4) is 0 Å². The highest BCUT2D eigenvalue weighted by atomic mass is 35.5. The quantitative estimate of drug-likeness (QED) is 0.804. The summed E-state index contributed by atoms with van der Waals surface area (Å²) < 4.78 is 10.2. The lowest BCUT2D eigenvalue weighted by Gasteiger charge is -2.14. The van der Waals surface area contributed by atoms with Gasteiger partial charge in [-0.05, 0) is 37.3 Å². The molecule has 1 N–H and O–H groups in total. The molecule has 0 heterocycles. The van der Waals surface area contributed by atoms with Gasteiger partial charge in [0.25, 0.3) is 5.91 Å². The Morgan fingerprint density at radius 3 is 2.54 bits per heavy atom. The van der Waals surface area contributed by atoms with Crippen molar-refractivity contribution in [3.05, 3.63) is 58.1 Å². The number of nitrogens with one attached hydrogen (secondary N) is 1. The molecule has 24 heavy (non-hydrogen) atoms. The van der Waals surface area contributed by atoms with E-state index in [1.165, 1.54) is 32.2 Å². The molecule has 0 aliphatic carbocycles. The van der Waals surface area contributed by atoms with Crippen LogP contribution in [0, 0.1) is 0 Å². The van der Waals surface area contributed by atoms with Crippen LogP contribution in [0.2, 0.25) is 10.0 Å². The minimum Gasteiger partial charge on any atom is -0.497 e. The Morgan fingerprint density at radius 1 is 1.12 bits per heavy atom. The molecule has 0 aliphatic heterocycles. The lowest BCUT2D eigenvalue weighted by atomic mass is 10.2. The molecule has 2 rings (SSSR count). The van der Waals surface area contributed by atoms with E-state index in [0.717, 1.165) is 0 Å². The molecule has 0 spiro atoms. The number of amides is 1. The number of hydrogen-bond acceptors (Lipinski definition) is 4. The number of anilines is 1. The second-order valence-corrected chi connectivity index (χ2v) is 5.74. The average molecular weight is 368 g/mol. The second-order valence-electron chi connectivity index (χ2n) is 4.89. The highest BCUT2D eigenvalue weighted by Gasteiger charge is 2.21. The fourth-order valence-electron chi connectivity index (χ4n) is 1.88. The maximum Gasteiger partial charge on any atom is 0.340 e. The van der Waals surface area contributed by atoms with E-state index in [4.69, 9.17) is 32.7 Å². The lowest BCUT2D eigenvalue weighted by molar-refractivity contribution is -0.123. The van der Waals surface area contributed by atoms with Gasteiger partial charge in [0.1, 0.15) is 5.75 Å². The first kappa shape index (κ1) is 18.1. The Hall–Kier alpha value is -2.24. The summed E-state index contributed by atoms with van der Waals surface area (Å²) in [5, 5.41) is 3.21. The summed E-state index contributed by atoms with van der Waals surface area (Å²) in [5.41, 5.74) is 0.675. The zero-order valence-electron chi connectivity index (χ0n) is 13.0. The zero-order chi connectivity index (χ0) is 17.7. The molecule has 0 aromatic heterocycles. The summed E-state index contributed by atoms with van der Waals surface area (Å²) in [7, 11) is 1.53. The number of esters is 1. The van der Waals surface area contributed by atoms with Gasteiger partial charge in [-0.1, -0.05) is 29.3 Å². The van der Waals surface area contributed by atoms with E-state index >= 15 is 0 Å². The summed E-state index contributed by atoms with van der Waals surface area (Å²) in [5.74, 6) is -0.572. The molecular weight excluding hydrogens is 353 g/mol. The third-order valence-electron chi connectivity index (χ3n) is 3.14. The highest BCUT2D eigenvalue weighted by molar-refractivity contribution is 6.36. The van der Waals surface area contributed by atoms with Crippen LogP contribution in [0.1, 0.15) is 17.3 Å². The van der Waals surface area contributed by atoms with Crippen LogP contribution < -0.4 is 10.1 Å². The Balaban J connectivity index is 2.01. The molecule has 1 amide bonds. The van der Waals surface area contributed by atoms with Gasteiger partial charge in [-0.3, -0.25) is 4.79 Å². The van der Waals surface area contributed by atoms with Crippen LogP contribution in [0.4, 0.5) is 5.69 Å². The van der Waals surface area contributed by atoms with Gasteiger partial charge in [0.05, 0.1) is 17.7 Å². The average Bonchev–Trinajstić information content (AvgIpc) is 2.54. The van der Waals surface area contributed by atoms with E-state index in [-0.39, 0.29) is 10.6 Å². The van der Waals surface area contributed by atoms with Crippen molar-refractivity contribution in [2.75, 3.05) is 12.4 Å². The first-order valence-electron chi connectivity index (χ1n) is 7.01. The SMILES string of the molecule is COc1cccc(NC(=O)[C@H](C)OC(=O)c2ccc(Cl)cc2Cl)c1.